The van der Waals surface area contributed by atoms with E-state index in [0.29, 0.717) is 0 Å². The number of hydrogen-bond donors (Lipinski definition) is 4. The largest absolute Gasteiger partial charge is 0.504 e. The molecule has 2 aromatic rings. The lowest BCUT2D eigenvalue weighted by Gasteiger charge is -2.45. The average Bonchev–Trinajstić information content (AvgIpc) is 2.68. The van der Waals surface area contributed by atoms with Gasteiger partial charge in [-0.05, 0) is 36.8 Å². The first-order valence-corrected chi connectivity index (χ1v) is 9.49. The lowest BCUT2D eigenvalue weighted by molar-refractivity contribution is -0.190. The van der Waals surface area contributed by atoms with Crippen molar-refractivity contribution in [3.05, 3.63) is 58.6 Å². The van der Waals surface area contributed by atoms with Gasteiger partial charge >= 0.3 is 12.2 Å². The molecular weight excluding hydrogens is 441 g/mol. The van der Waals surface area contributed by atoms with Crippen LogP contribution in [-0.4, -0.2) is 34.8 Å². The minimum absolute atomic E-state index is 0.0195. The number of alkyl halides is 3. The maximum atomic E-state index is 13.5. The number of Topliss-reactive ketones (excluding diaryl/α,β-unsaturated/α-hetero) is 1. The van der Waals surface area contributed by atoms with Crippen molar-refractivity contribution in [3.8, 4) is 11.5 Å². The molecule has 0 bridgehead atoms. The first kappa shape index (κ1) is 22.7. The molecule has 0 aliphatic carbocycles. The summed E-state index contributed by atoms with van der Waals surface area (Å²) in [4.78, 5) is 24.8. The zero-order chi connectivity index (χ0) is 23.0. The summed E-state index contributed by atoms with van der Waals surface area (Å²) >= 11 is 5.82. The highest BCUT2D eigenvalue weighted by Gasteiger charge is 2.59. The second-order valence-corrected chi connectivity index (χ2v) is 7.29. The zero-order valence-electron chi connectivity index (χ0n) is 16.0. The van der Waals surface area contributed by atoms with Crippen LogP contribution in [0.3, 0.4) is 0 Å². The van der Waals surface area contributed by atoms with Crippen molar-refractivity contribution in [1.29, 1.82) is 0 Å². The molecule has 1 heterocycles. The number of nitrogens with one attached hydrogen (secondary N) is 2. The molecule has 1 fully saturated rings. The molecule has 0 saturated carbocycles. The normalized spacial score (nSPS) is 23.6. The lowest BCUT2D eigenvalue weighted by atomic mass is 9.76. The second-order valence-electron chi connectivity index (χ2n) is 6.85. The van der Waals surface area contributed by atoms with Crippen molar-refractivity contribution in [2.75, 3.05) is 6.61 Å². The molecule has 166 valence electrons. The van der Waals surface area contributed by atoms with Crippen LogP contribution < -0.4 is 15.4 Å². The summed E-state index contributed by atoms with van der Waals surface area (Å²) in [6.45, 7) is 1.78. The van der Waals surface area contributed by atoms with Crippen LogP contribution in [0, 0.1) is 5.92 Å². The van der Waals surface area contributed by atoms with E-state index in [1.165, 1.54) is 36.4 Å². The summed E-state index contributed by atoms with van der Waals surface area (Å²) in [5, 5.41) is 25.7. The Morgan fingerprint density at radius 2 is 1.87 bits per heavy atom. The van der Waals surface area contributed by atoms with Crippen molar-refractivity contribution in [2.45, 2.75) is 24.9 Å². The summed E-state index contributed by atoms with van der Waals surface area (Å²) in [6, 6.07) is 6.03. The third-order valence-corrected chi connectivity index (χ3v) is 5.12. The summed E-state index contributed by atoms with van der Waals surface area (Å²) in [5.41, 5.74) is -2.84. The number of carbonyl (C=O) groups excluding carboxylic acids is 2. The molecule has 0 aromatic heterocycles. The Balaban J connectivity index is 2.19. The van der Waals surface area contributed by atoms with Crippen molar-refractivity contribution in [3.63, 3.8) is 0 Å². The van der Waals surface area contributed by atoms with Gasteiger partial charge in [0.2, 0.25) is 5.78 Å². The van der Waals surface area contributed by atoms with Crippen molar-refractivity contribution >= 4 is 23.4 Å². The number of carbonyl (C=O) groups is 2. The molecule has 3 unspecified atom stereocenters. The number of urea groups is 1. The van der Waals surface area contributed by atoms with Gasteiger partial charge in [-0.1, -0.05) is 29.8 Å². The lowest BCUT2D eigenvalue weighted by Crippen LogP contribution is -2.66. The van der Waals surface area contributed by atoms with Crippen LogP contribution in [0.1, 0.15) is 24.1 Å². The number of phenols is 1. The Morgan fingerprint density at radius 1 is 1.23 bits per heavy atom. The Hall–Kier alpha value is -2.98. The van der Waals surface area contributed by atoms with E-state index >= 15 is 0 Å². The highest BCUT2D eigenvalue weighted by Crippen LogP contribution is 2.44. The van der Waals surface area contributed by atoms with E-state index in [-0.39, 0.29) is 34.3 Å². The predicted octanol–water partition coefficient (Wildman–Crippen LogP) is 3.39. The fraction of sp³-hybridized carbons (Fsp3) is 0.300. The minimum Gasteiger partial charge on any atom is -0.504 e. The van der Waals surface area contributed by atoms with Gasteiger partial charge in [0.15, 0.2) is 17.2 Å². The van der Waals surface area contributed by atoms with Crippen LogP contribution >= 0.6 is 11.6 Å². The molecule has 4 N–H and O–H groups in total. The van der Waals surface area contributed by atoms with Crippen LogP contribution in [0.4, 0.5) is 18.0 Å². The number of phenolic OH excluding ortho intramolecular Hbond substituents is 1. The van der Waals surface area contributed by atoms with E-state index in [4.69, 9.17) is 16.3 Å². The monoisotopic (exact) mass is 458 g/mol. The quantitative estimate of drug-likeness (QED) is 0.549. The maximum absolute atomic E-state index is 13.5. The number of amides is 2. The first-order valence-electron chi connectivity index (χ1n) is 9.11. The highest BCUT2D eigenvalue weighted by atomic mass is 35.5. The van der Waals surface area contributed by atoms with Gasteiger partial charge in [-0.15, -0.1) is 0 Å². The first-order chi connectivity index (χ1) is 14.5. The minimum atomic E-state index is -5.31. The topological polar surface area (TPSA) is 108 Å². The summed E-state index contributed by atoms with van der Waals surface area (Å²) < 4.78 is 45.8. The van der Waals surface area contributed by atoms with Crippen molar-refractivity contribution in [2.24, 2.45) is 5.92 Å². The number of halogens is 4. The van der Waals surface area contributed by atoms with Gasteiger partial charge in [-0.3, -0.25) is 4.79 Å². The molecule has 1 aliphatic rings. The number of aliphatic hydroxyl groups is 1. The Labute approximate surface area is 179 Å². The molecule has 2 aromatic carbocycles. The number of rotatable bonds is 5. The number of hydrogen-bond acceptors (Lipinski definition) is 5. The second kappa shape index (κ2) is 8.27. The van der Waals surface area contributed by atoms with E-state index in [9.17, 15) is 33.0 Å². The number of ketones is 1. The van der Waals surface area contributed by atoms with Crippen LogP contribution in [0.15, 0.2) is 42.5 Å². The third kappa shape index (κ3) is 4.40. The molecule has 31 heavy (non-hydrogen) atoms. The number of benzene rings is 2. The van der Waals surface area contributed by atoms with Gasteiger partial charge < -0.3 is 25.6 Å². The average molecular weight is 459 g/mol. The summed E-state index contributed by atoms with van der Waals surface area (Å²) in [6.07, 6.45) is -5.31. The molecule has 11 heteroatoms. The summed E-state index contributed by atoms with van der Waals surface area (Å²) in [5.74, 6) is -4.79. The van der Waals surface area contributed by atoms with E-state index < -0.39 is 35.7 Å². The fourth-order valence-corrected chi connectivity index (χ4v) is 3.62. The van der Waals surface area contributed by atoms with Gasteiger partial charge in [0.25, 0.3) is 0 Å². The van der Waals surface area contributed by atoms with Crippen LogP contribution in [-0.2, 0) is 10.5 Å². The van der Waals surface area contributed by atoms with E-state index in [2.05, 4.69) is 5.32 Å². The van der Waals surface area contributed by atoms with Crippen LogP contribution in [0.5, 0.6) is 11.5 Å². The standard InChI is InChI=1S/C20H18ClF3N2O5/c1-2-31-14-9-10(3-8-13(14)27)16-15(17(28)20(22,23)24)19(30,26-18(29)25-16)11-4-6-12(21)7-5-11/h3-9,15-16,27,30H,2H2,1H3,(H2,25,26,29). The van der Waals surface area contributed by atoms with Gasteiger partial charge in [0.1, 0.15) is 5.92 Å². The van der Waals surface area contributed by atoms with Gasteiger partial charge in [0, 0.05) is 10.6 Å². The van der Waals surface area contributed by atoms with E-state index in [1.807, 2.05) is 5.32 Å². The molecule has 0 radical (unpaired) electrons. The Morgan fingerprint density at radius 3 is 2.45 bits per heavy atom. The third-order valence-electron chi connectivity index (χ3n) is 4.86. The predicted molar refractivity (Wildman–Crippen MR) is 104 cm³/mol. The van der Waals surface area contributed by atoms with E-state index in [0.717, 1.165) is 6.07 Å². The molecule has 3 atom stereocenters. The molecule has 0 spiro atoms. The van der Waals surface area contributed by atoms with E-state index in [1.54, 1.807) is 6.92 Å². The van der Waals surface area contributed by atoms with Crippen molar-refractivity contribution < 1.29 is 37.7 Å². The van der Waals surface area contributed by atoms with Crippen LogP contribution in [0.25, 0.3) is 0 Å². The van der Waals surface area contributed by atoms with Crippen LogP contribution in [0.2, 0.25) is 5.02 Å². The number of ether oxygens (including phenoxy) is 1. The summed E-state index contributed by atoms with van der Waals surface area (Å²) in [7, 11) is 0. The highest BCUT2D eigenvalue weighted by molar-refractivity contribution is 6.30. The van der Waals surface area contributed by atoms with Crippen molar-refractivity contribution in [1.82, 2.24) is 10.6 Å². The molecule has 2 amide bonds. The maximum Gasteiger partial charge on any atom is 0.450 e. The smallest absolute Gasteiger partial charge is 0.450 e. The number of aromatic hydroxyl groups is 1. The Kier molecular flexibility index (Phi) is 6.06. The molecule has 7 nitrogen and oxygen atoms in total. The van der Waals surface area contributed by atoms with Gasteiger partial charge in [-0.2, -0.15) is 13.2 Å². The Bertz CT molecular complexity index is 999. The molecular formula is C20H18ClF3N2O5. The SMILES string of the molecule is CCOc1cc(C2NC(=O)NC(O)(c3ccc(Cl)cc3)C2C(=O)C(F)(F)F)ccc1O. The fourth-order valence-electron chi connectivity index (χ4n) is 3.50. The zero-order valence-corrected chi connectivity index (χ0v) is 16.8. The van der Waals surface area contributed by atoms with Gasteiger partial charge in [0.05, 0.1) is 12.6 Å². The molecule has 1 saturated heterocycles. The molecule has 1 aliphatic heterocycles. The molecule has 3 rings (SSSR count). The van der Waals surface area contributed by atoms with Gasteiger partial charge in [-0.25, -0.2) is 4.79 Å².